The van der Waals surface area contributed by atoms with E-state index in [1.807, 2.05) is 32.9 Å². The van der Waals surface area contributed by atoms with Crippen LogP contribution >= 0.6 is 0 Å². The fourth-order valence-corrected chi connectivity index (χ4v) is 2.84. The molecule has 2 heterocycles. The van der Waals surface area contributed by atoms with E-state index >= 15 is 0 Å². The maximum atomic E-state index is 11.9. The summed E-state index contributed by atoms with van der Waals surface area (Å²) in [6.45, 7) is 9.34. The number of carbonyl (C=O) groups is 1. The molecule has 1 amide bonds. The molecule has 0 saturated carbocycles. The molecule has 2 aromatic heterocycles. The predicted molar refractivity (Wildman–Crippen MR) is 99.1 cm³/mol. The van der Waals surface area contributed by atoms with Crippen molar-refractivity contribution in [2.45, 2.75) is 38.8 Å². The highest BCUT2D eigenvalue weighted by Gasteiger charge is 2.34. The standard InChI is InChI=1S/C19H24N4O2/c1-5-7-16(23(18(24)25)19(2,3)4)15-12-13(9-11-21-15)17-14(20)8-6-10-22-17/h5-6,8-12,16H,1,7,20H2,2-4H3,(H,24,25)/t16-/m0/s1. The molecule has 0 bridgehead atoms. The van der Waals surface area contributed by atoms with Crippen molar-refractivity contribution in [2.75, 3.05) is 5.73 Å². The van der Waals surface area contributed by atoms with Crippen LogP contribution in [0, 0.1) is 0 Å². The van der Waals surface area contributed by atoms with Crippen LogP contribution < -0.4 is 5.73 Å². The number of nitrogens with zero attached hydrogens (tertiary/aromatic N) is 3. The van der Waals surface area contributed by atoms with Gasteiger partial charge >= 0.3 is 6.09 Å². The maximum Gasteiger partial charge on any atom is 0.408 e. The van der Waals surface area contributed by atoms with E-state index in [1.165, 1.54) is 4.90 Å². The lowest BCUT2D eigenvalue weighted by Gasteiger charge is -2.39. The first-order valence-corrected chi connectivity index (χ1v) is 8.05. The molecule has 0 unspecified atom stereocenters. The first-order chi connectivity index (χ1) is 11.8. The van der Waals surface area contributed by atoms with E-state index in [1.54, 1.807) is 30.6 Å². The molecule has 0 radical (unpaired) electrons. The third-order valence-electron chi connectivity index (χ3n) is 3.87. The number of hydrogen-bond donors (Lipinski definition) is 2. The summed E-state index contributed by atoms with van der Waals surface area (Å²) in [4.78, 5) is 22.0. The Morgan fingerprint density at radius 3 is 2.64 bits per heavy atom. The molecule has 6 heteroatoms. The fraction of sp³-hybridized carbons (Fsp3) is 0.316. The molecule has 0 aliphatic heterocycles. The Labute approximate surface area is 148 Å². The molecule has 0 spiro atoms. The summed E-state index contributed by atoms with van der Waals surface area (Å²) < 4.78 is 0. The summed E-state index contributed by atoms with van der Waals surface area (Å²) in [6, 6.07) is 6.76. The van der Waals surface area contributed by atoms with Crippen molar-refractivity contribution in [3.8, 4) is 11.3 Å². The van der Waals surface area contributed by atoms with E-state index in [2.05, 4.69) is 16.5 Å². The number of aromatic nitrogens is 2. The van der Waals surface area contributed by atoms with Crippen LogP contribution in [0.4, 0.5) is 10.5 Å². The van der Waals surface area contributed by atoms with Crippen molar-refractivity contribution in [2.24, 2.45) is 0 Å². The van der Waals surface area contributed by atoms with Gasteiger partial charge in [-0.25, -0.2) is 4.79 Å². The smallest absolute Gasteiger partial charge is 0.408 e. The largest absolute Gasteiger partial charge is 0.465 e. The number of carboxylic acid groups (broad SMARTS) is 1. The van der Waals surface area contributed by atoms with Gasteiger partial charge in [0.2, 0.25) is 0 Å². The van der Waals surface area contributed by atoms with Gasteiger partial charge in [-0.1, -0.05) is 6.08 Å². The SMILES string of the molecule is C=CC[C@@H](c1cc(-c2ncccc2N)ccn1)N(C(=O)O)C(C)(C)C. The highest BCUT2D eigenvalue weighted by Crippen LogP contribution is 2.32. The average Bonchev–Trinajstić information content (AvgIpc) is 2.53. The van der Waals surface area contributed by atoms with Gasteiger partial charge in [0, 0.05) is 23.5 Å². The van der Waals surface area contributed by atoms with Crippen LogP contribution in [-0.2, 0) is 0 Å². The van der Waals surface area contributed by atoms with E-state index in [4.69, 9.17) is 5.73 Å². The van der Waals surface area contributed by atoms with Crippen LogP contribution in [-0.4, -0.2) is 31.6 Å². The highest BCUT2D eigenvalue weighted by molar-refractivity contribution is 5.72. The molecule has 1 atom stereocenters. The maximum absolute atomic E-state index is 11.9. The quantitative estimate of drug-likeness (QED) is 0.799. The molecule has 0 aliphatic carbocycles. The normalized spacial score (nSPS) is 12.4. The summed E-state index contributed by atoms with van der Waals surface area (Å²) in [5, 5.41) is 9.73. The Morgan fingerprint density at radius 1 is 1.36 bits per heavy atom. The van der Waals surface area contributed by atoms with Crippen LogP contribution in [0.2, 0.25) is 0 Å². The van der Waals surface area contributed by atoms with E-state index in [-0.39, 0.29) is 0 Å². The summed E-state index contributed by atoms with van der Waals surface area (Å²) in [6.07, 6.45) is 4.49. The predicted octanol–water partition coefficient (Wildman–Crippen LogP) is 4.12. The molecule has 0 fully saturated rings. The van der Waals surface area contributed by atoms with Crippen molar-refractivity contribution in [1.82, 2.24) is 14.9 Å². The molecular formula is C19H24N4O2. The molecule has 3 N–H and O–H groups in total. The molecule has 0 aromatic carbocycles. The van der Waals surface area contributed by atoms with Crippen LogP contribution in [0.1, 0.15) is 38.9 Å². The highest BCUT2D eigenvalue weighted by atomic mass is 16.4. The van der Waals surface area contributed by atoms with Crippen LogP contribution in [0.3, 0.4) is 0 Å². The number of amides is 1. The second-order valence-electron chi connectivity index (χ2n) is 6.77. The Bertz CT molecular complexity index is 768. The van der Waals surface area contributed by atoms with E-state index in [0.717, 1.165) is 5.56 Å². The van der Waals surface area contributed by atoms with Gasteiger partial charge in [0.15, 0.2) is 0 Å². The van der Waals surface area contributed by atoms with Crippen molar-refractivity contribution in [1.29, 1.82) is 0 Å². The van der Waals surface area contributed by atoms with Crippen molar-refractivity contribution >= 4 is 11.8 Å². The number of hydrogen-bond acceptors (Lipinski definition) is 4. The second kappa shape index (κ2) is 7.34. The third kappa shape index (κ3) is 4.15. The van der Waals surface area contributed by atoms with Crippen molar-refractivity contribution < 1.29 is 9.90 Å². The minimum absolute atomic E-state index is 0.445. The van der Waals surface area contributed by atoms with Crippen LogP contribution in [0.5, 0.6) is 0 Å². The third-order valence-corrected chi connectivity index (χ3v) is 3.87. The molecule has 0 saturated heterocycles. The fourth-order valence-electron chi connectivity index (χ4n) is 2.84. The minimum Gasteiger partial charge on any atom is -0.465 e. The monoisotopic (exact) mass is 340 g/mol. The topological polar surface area (TPSA) is 92.3 Å². The summed E-state index contributed by atoms with van der Waals surface area (Å²) in [7, 11) is 0. The molecule has 132 valence electrons. The molecule has 2 aromatic rings. The first-order valence-electron chi connectivity index (χ1n) is 8.05. The summed E-state index contributed by atoms with van der Waals surface area (Å²) >= 11 is 0. The van der Waals surface area contributed by atoms with E-state index < -0.39 is 17.7 Å². The second-order valence-corrected chi connectivity index (χ2v) is 6.77. The Morgan fingerprint density at radius 2 is 2.08 bits per heavy atom. The Hall–Kier alpha value is -2.89. The lowest BCUT2D eigenvalue weighted by atomic mass is 9.98. The van der Waals surface area contributed by atoms with Gasteiger partial charge in [-0.15, -0.1) is 6.58 Å². The molecule has 6 nitrogen and oxygen atoms in total. The lowest BCUT2D eigenvalue weighted by Crippen LogP contribution is -2.47. The number of nitrogens with two attached hydrogens (primary N) is 1. The van der Waals surface area contributed by atoms with E-state index in [0.29, 0.717) is 23.5 Å². The van der Waals surface area contributed by atoms with E-state index in [9.17, 15) is 9.90 Å². The number of nitrogen functional groups attached to an aromatic ring is 1. The van der Waals surface area contributed by atoms with Crippen molar-refractivity contribution in [3.05, 3.63) is 55.0 Å². The number of anilines is 1. The van der Waals surface area contributed by atoms with Crippen molar-refractivity contribution in [3.63, 3.8) is 0 Å². The van der Waals surface area contributed by atoms with Gasteiger partial charge in [0.25, 0.3) is 0 Å². The Balaban J connectivity index is 2.53. The summed E-state index contributed by atoms with van der Waals surface area (Å²) in [5.41, 5.74) is 8.08. The van der Waals surface area contributed by atoms with Gasteiger partial charge in [-0.05, 0) is 51.5 Å². The number of pyridine rings is 2. The summed E-state index contributed by atoms with van der Waals surface area (Å²) in [5.74, 6) is 0. The van der Waals surface area contributed by atoms with Gasteiger partial charge in [0.1, 0.15) is 0 Å². The lowest BCUT2D eigenvalue weighted by molar-refractivity contribution is 0.0691. The molecule has 0 aliphatic rings. The van der Waals surface area contributed by atoms with Gasteiger partial charge in [-0.2, -0.15) is 0 Å². The minimum atomic E-state index is -0.996. The molecular weight excluding hydrogens is 316 g/mol. The van der Waals surface area contributed by atoms with Crippen LogP contribution in [0.25, 0.3) is 11.3 Å². The molecule has 25 heavy (non-hydrogen) atoms. The average molecular weight is 340 g/mol. The van der Waals surface area contributed by atoms with Gasteiger partial charge in [0.05, 0.1) is 23.1 Å². The zero-order valence-corrected chi connectivity index (χ0v) is 14.8. The zero-order valence-electron chi connectivity index (χ0n) is 14.8. The molecule has 2 rings (SSSR count). The Kier molecular flexibility index (Phi) is 5.41. The van der Waals surface area contributed by atoms with Gasteiger partial charge < -0.3 is 10.8 Å². The number of rotatable bonds is 5. The van der Waals surface area contributed by atoms with Gasteiger partial charge in [-0.3, -0.25) is 14.9 Å². The van der Waals surface area contributed by atoms with Crippen LogP contribution in [0.15, 0.2) is 49.3 Å². The first kappa shape index (κ1) is 18.4. The zero-order chi connectivity index (χ0) is 18.6.